The van der Waals surface area contributed by atoms with Gasteiger partial charge in [-0.1, -0.05) is 64.7 Å². The number of unbranched alkanes of at least 4 members (excludes halogenated alkanes) is 9. The van der Waals surface area contributed by atoms with Gasteiger partial charge in [-0.15, -0.1) is 0 Å². The fourth-order valence-corrected chi connectivity index (χ4v) is 1.93. The number of esters is 1. The van der Waals surface area contributed by atoms with Crippen LogP contribution >= 0.6 is 0 Å². The first kappa shape index (κ1) is 27.2. The van der Waals surface area contributed by atoms with E-state index >= 15 is 0 Å². The minimum atomic E-state index is -1.39. The zero-order chi connectivity index (χ0) is 14.3. The molecular formula is C15H32Na2O4. The fraction of sp³-hybridized carbons (Fsp3) is 0.933. The molecule has 118 valence electrons. The number of carbonyl (C=O) groups is 1. The average Bonchev–Trinajstić information content (AvgIpc) is 2.43. The average molecular weight is 322 g/mol. The van der Waals surface area contributed by atoms with Crippen molar-refractivity contribution < 1.29 is 19.7 Å². The Kier molecular flexibility index (Phi) is 27.8. The van der Waals surface area contributed by atoms with Gasteiger partial charge in [0.05, 0.1) is 13.2 Å². The van der Waals surface area contributed by atoms with E-state index in [1.54, 1.807) is 0 Å². The van der Waals surface area contributed by atoms with Gasteiger partial charge in [-0.2, -0.15) is 0 Å². The Balaban J connectivity index is -0.00000162. The standard InChI is InChI=1S/C15H30O4.2Na.2H/c1-2-3-4-5-6-7-8-9-10-11-12-19-15(18)14(17)13-16;;;;/h14,16-17H,2-13H2,1H3;;;;. The molecule has 0 saturated carbocycles. The monoisotopic (exact) mass is 322 g/mol. The van der Waals surface area contributed by atoms with Gasteiger partial charge in [-0.05, 0) is 6.42 Å². The molecule has 2 N–H and O–H groups in total. The molecular weight excluding hydrogens is 290 g/mol. The van der Waals surface area contributed by atoms with Crippen molar-refractivity contribution in [2.24, 2.45) is 0 Å². The number of hydrogen-bond donors (Lipinski definition) is 2. The van der Waals surface area contributed by atoms with E-state index < -0.39 is 18.7 Å². The summed E-state index contributed by atoms with van der Waals surface area (Å²) >= 11 is 0. The van der Waals surface area contributed by atoms with Gasteiger partial charge in [-0.3, -0.25) is 0 Å². The van der Waals surface area contributed by atoms with Crippen molar-refractivity contribution in [3.8, 4) is 0 Å². The Morgan fingerprint density at radius 1 is 0.905 bits per heavy atom. The summed E-state index contributed by atoms with van der Waals surface area (Å²) in [6.07, 6.45) is 10.9. The van der Waals surface area contributed by atoms with E-state index in [1.807, 2.05) is 0 Å². The Bertz CT molecular complexity index is 216. The quantitative estimate of drug-likeness (QED) is 0.306. The molecule has 0 amide bonds. The van der Waals surface area contributed by atoms with Crippen molar-refractivity contribution in [2.45, 2.75) is 77.2 Å². The third-order valence-electron chi connectivity index (χ3n) is 3.19. The van der Waals surface area contributed by atoms with Crippen LogP contribution in [0.15, 0.2) is 0 Å². The van der Waals surface area contributed by atoms with Crippen LogP contribution in [0.2, 0.25) is 0 Å². The van der Waals surface area contributed by atoms with Crippen LogP contribution in [0.4, 0.5) is 0 Å². The number of aliphatic hydroxyl groups excluding tert-OH is 2. The first-order chi connectivity index (χ1) is 9.22. The van der Waals surface area contributed by atoms with Gasteiger partial charge in [0, 0.05) is 0 Å². The van der Waals surface area contributed by atoms with Crippen LogP contribution < -0.4 is 0 Å². The molecule has 0 aromatic heterocycles. The topological polar surface area (TPSA) is 66.8 Å². The van der Waals surface area contributed by atoms with Crippen molar-refractivity contribution in [3.63, 3.8) is 0 Å². The molecule has 4 nitrogen and oxygen atoms in total. The van der Waals surface area contributed by atoms with Gasteiger partial charge in [0.15, 0.2) is 6.10 Å². The van der Waals surface area contributed by atoms with Crippen molar-refractivity contribution in [1.29, 1.82) is 0 Å². The number of aliphatic hydroxyl groups is 2. The van der Waals surface area contributed by atoms with Crippen LogP contribution in [-0.2, 0) is 9.53 Å². The fourth-order valence-electron chi connectivity index (χ4n) is 1.93. The Morgan fingerprint density at radius 2 is 1.33 bits per heavy atom. The molecule has 1 atom stereocenters. The number of carbonyl (C=O) groups excluding carboxylic acids is 1. The SMILES string of the molecule is CCCCCCCCCCCCOC(=O)C(O)CO.[NaH].[NaH]. The molecule has 0 aliphatic rings. The van der Waals surface area contributed by atoms with Gasteiger partial charge >= 0.3 is 65.1 Å². The van der Waals surface area contributed by atoms with Gasteiger partial charge in [-0.25, -0.2) is 4.79 Å². The Morgan fingerprint density at radius 3 is 1.76 bits per heavy atom. The molecule has 6 heteroatoms. The van der Waals surface area contributed by atoms with Crippen LogP contribution in [-0.4, -0.2) is 94.6 Å². The molecule has 0 aliphatic heterocycles. The van der Waals surface area contributed by atoms with E-state index in [9.17, 15) is 4.79 Å². The summed E-state index contributed by atoms with van der Waals surface area (Å²) in [5, 5.41) is 17.5. The van der Waals surface area contributed by atoms with Crippen molar-refractivity contribution in [1.82, 2.24) is 0 Å². The van der Waals surface area contributed by atoms with Gasteiger partial charge in [0.1, 0.15) is 0 Å². The van der Waals surface area contributed by atoms with Crippen molar-refractivity contribution in [3.05, 3.63) is 0 Å². The maximum absolute atomic E-state index is 11.0. The third-order valence-corrected chi connectivity index (χ3v) is 3.19. The predicted octanol–water partition coefficient (Wildman–Crippen LogP) is 1.51. The second kappa shape index (κ2) is 21.4. The molecule has 0 radical (unpaired) electrons. The van der Waals surface area contributed by atoms with E-state index in [0.29, 0.717) is 6.61 Å². The summed E-state index contributed by atoms with van der Waals surface area (Å²) in [6, 6.07) is 0. The van der Waals surface area contributed by atoms with E-state index in [2.05, 4.69) is 6.92 Å². The maximum atomic E-state index is 11.0. The molecule has 0 fully saturated rings. The molecule has 1 unspecified atom stereocenters. The first-order valence-corrected chi connectivity index (χ1v) is 7.68. The molecule has 0 rings (SSSR count). The van der Waals surface area contributed by atoms with E-state index in [4.69, 9.17) is 14.9 Å². The predicted molar refractivity (Wildman–Crippen MR) is 90.2 cm³/mol. The molecule has 21 heavy (non-hydrogen) atoms. The third kappa shape index (κ3) is 19.3. The molecule has 0 saturated heterocycles. The zero-order valence-electron chi connectivity index (χ0n) is 12.3. The zero-order valence-corrected chi connectivity index (χ0v) is 12.3. The summed E-state index contributed by atoms with van der Waals surface area (Å²) < 4.78 is 4.82. The molecule has 0 aromatic rings. The first-order valence-electron chi connectivity index (χ1n) is 7.68. The van der Waals surface area contributed by atoms with E-state index in [0.717, 1.165) is 12.8 Å². The molecule has 0 spiro atoms. The number of hydrogen-bond acceptors (Lipinski definition) is 4. The van der Waals surface area contributed by atoms with Gasteiger partial charge < -0.3 is 14.9 Å². The van der Waals surface area contributed by atoms with E-state index in [-0.39, 0.29) is 59.1 Å². The van der Waals surface area contributed by atoms with E-state index in [1.165, 1.54) is 51.4 Å². The molecule has 0 aliphatic carbocycles. The molecule has 0 bridgehead atoms. The summed E-state index contributed by atoms with van der Waals surface area (Å²) in [6.45, 7) is 2.00. The Hall–Kier alpha value is 1.39. The summed E-state index contributed by atoms with van der Waals surface area (Å²) in [5.74, 6) is -0.724. The second-order valence-corrected chi connectivity index (χ2v) is 5.05. The van der Waals surface area contributed by atoms with Gasteiger partial charge in [0.25, 0.3) is 0 Å². The van der Waals surface area contributed by atoms with Crippen molar-refractivity contribution >= 4 is 65.1 Å². The van der Waals surface area contributed by atoms with Crippen LogP contribution in [0.5, 0.6) is 0 Å². The van der Waals surface area contributed by atoms with Gasteiger partial charge in [0.2, 0.25) is 0 Å². The number of ether oxygens (including phenoxy) is 1. The second-order valence-electron chi connectivity index (χ2n) is 5.05. The minimum absolute atomic E-state index is 0. The van der Waals surface area contributed by atoms with Crippen LogP contribution in [0.3, 0.4) is 0 Å². The number of rotatable bonds is 13. The van der Waals surface area contributed by atoms with Crippen LogP contribution in [0, 0.1) is 0 Å². The van der Waals surface area contributed by atoms with Crippen LogP contribution in [0.1, 0.15) is 71.1 Å². The Labute approximate surface area is 174 Å². The molecule has 0 heterocycles. The molecule has 0 aromatic carbocycles. The summed E-state index contributed by atoms with van der Waals surface area (Å²) in [4.78, 5) is 11.0. The normalized spacial score (nSPS) is 11.2. The summed E-state index contributed by atoms with van der Waals surface area (Å²) in [7, 11) is 0. The summed E-state index contributed by atoms with van der Waals surface area (Å²) in [5.41, 5.74) is 0. The van der Waals surface area contributed by atoms with Crippen molar-refractivity contribution in [2.75, 3.05) is 13.2 Å². The van der Waals surface area contributed by atoms with Crippen LogP contribution in [0.25, 0.3) is 0 Å².